The zero-order valence-electron chi connectivity index (χ0n) is 18.1. The van der Waals surface area contributed by atoms with E-state index in [4.69, 9.17) is 4.74 Å². The summed E-state index contributed by atoms with van der Waals surface area (Å²) in [7, 11) is -3.56. The summed E-state index contributed by atoms with van der Waals surface area (Å²) in [6.45, 7) is 2.70. The average Bonchev–Trinajstić information content (AvgIpc) is 2.78. The smallest absolute Gasteiger partial charge is 0.259 e. The van der Waals surface area contributed by atoms with E-state index >= 15 is 0 Å². The summed E-state index contributed by atoms with van der Waals surface area (Å²) in [6.07, 6.45) is 8.17. The maximum Gasteiger partial charge on any atom is 0.259 e. The molecule has 6 nitrogen and oxygen atoms in total. The predicted octanol–water partition coefficient (Wildman–Crippen LogP) is 5.12. The molecule has 1 amide bonds. The summed E-state index contributed by atoms with van der Waals surface area (Å²) in [5.74, 6) is 0.258. The van der Waals surface area contributed by atoms with Crippen LogP contribution in [0.3, 0.4) is 0 Å². The fourth-order valence-corrected chi connectivity index (χ4v) is 5.04. The van der Waals surface area contributed by atoms with Crippen molar-refractivity contribution in [1.29, 1.82) is 0 Å². The Morgan fingerprint density at radius 3 is 2.42 bits per heavy atom. The van der Waals surface area contributed by atoms with Crippen LogP contribution in [0.4, 0.5) is 5.69 Å². The zero-order valence-corrected chi connectivity index (χ0v) is 18.9. The van der Waals surface area contributed by atoms with Gasteiger partial charge in [0.2, 0.25) is 10.0 Å². The third-order valence-corrected chi connectivity index (χ3v) is 7.02. The second-order valence-corrected chi connectivity index (χ2v) is 9.70. The van der Waals surface area contributed by atoms with E-state index in [9.17, 15) is 13.2 Å². The number of hydrogen-bond donors (Lipinski definition) is 2. The van der Waals surface area contributed by atoms with E-state index in [2.05, 4.69) is 17.0 Å². The number of hydrogen-bond acceptors (Lipinski definition) is 4. The Hall–Kier alpha value is -2.38. The molecule has 0 atom stereocenters. The molecular formula is C24H32N2O4S. The number of rotatable bonds is 10. The number of unbranched alkanes of at least 4 members (excludes halogenated alkanes) is 2. The third-order valence-electron chi connectivity index (χ3n) is 5.49. The number of nitrogens with one attached hydrogen (secondary N) is 2. The maximum atomic E-state index is 12.7. The van der Waals surface area contributed by atoms with Gasteiger partial charge in [-0.1, -0.05) is 51.2 Å². The standard InChI is InChI=1S/C24H32N2O4S/c1-2-3-9-18-30-23-13-8-7-12-22(23)24(27)25-19-14-16-21(17-15-19)31(28,29)26-20-10-5-4-6-11-20/h7-8,12-17,20,26H,2-6,9-11,18H2,1H3,(H,25,27). The minimum Gasteiger partial charge on any atom is -0.493 e. The molecule has 31 heavy (non-hydrogen) atoms. The Morgan fingerprint density at radius 2 is 1.71 bits per heavy atom. The number of ether oxygens (including phenoxy) is 1. The number of benzene rings is 2. The van der Waals surface area contributed by atoms with Crippen molar-refractivity contribution in [1.82, 2.24) is 4.72 Å². The molecule has 2 aromatic rings. The lowest BCUT2D eigenvalue weighted by molar-refractivity contribution is 0.102. The predicted molar refractivity (Wildman–Crippen MR) is 123 cm³/mol. The Kier molecular flexibility index (Phi) is 8.49. The first-order valence-corrected chi connectivity index (χ1v) is 12.6. The molecule has 3 rings (SSSR count). The fourth-order valence-electron chi connectivity index (χ4n) is 3.74. The number of carbonyl (C=O) groups is 1. The second-order valence-electron chi connectivity index (χ2n) is 7.99. The summed E-state index contributed by atoms with van der Waals surface area (Å²) in [4.78, 5) is 13.0. The normalized spacial score (nSPS) is 14.9. The van der Waals surface area contributed by atoms with Crippen molar-refractivity contribution in [3.8, 4) is 5.75 Å². The lowest BCUT2D eigenvalue weighted by atomic mass is 9.96. The molecular weight excluding hydrogens is 412 g/mol. The van der Waals surface area contributed by atoms with Crippen LogP contribution in [0.1, 0.15) is 68.6 Å². The summed E-state index contributed by atoms with van der Waals surface area (Å²) in [5.41, 5.74) is 0.983. The highest BCUT2D eigenvalue weighted by Crippen LogP contribution is 2.23. The molecule has 0 unspecified atom stereocenters. The monoisotopic (exact) mass is 444 g/mol. The van der Waals surface area contributed by atoms with Crippen molar-refractivity contribution in [2.75, 3.05) is 11.9 Å². The van der Waals surface area contributed by atoms with E-state index in [1.54, 1.807) is 30.3 Å². The van der Waals surface area contributed by atoms with E-state index in [1.165, 1.54) is 18.6 Å². The molecule has 2 aromatic carbocycles. The van der Waals surface area contributed by atoms with Crippen LogP contribution in [-0.4, -0.2) is 27.0 Å². The Bertz CT molecular complexity index is 952. The van der Waals surface area contributed by atoms with Crippen LogP contribution in [0.5, 0.6) is 5.75 Å². The molecule has 1 saturated carbocycles. The summed E-state index contributed by atoms with van der Waals surface area (Å²) in [6, 6.07) is 13.4. The highest BCUT2D eigenvalue weighted by atomic mass is 32.2. The van der Waals surface area contributed by atoms with Crippen LogP contribution < -0.4 is 14.8 Å². The minimum absolute atomic E-state index is 0.00644. The van der Waals surface area contributed by atoms with Gasteiger partial charge in [0.1, 0.15) is 5.75 Å². The lowest BCUT2D eigenvalue weighted by Gasteiger charge is -2.22. The van der Waals surface area contributed by atoms with Crippen molar-refractivity contribution >= 4 is 21.6 Å². The van der Waals surface area contributed by atoms with Gasteiger partial charge in [0.25, 0.3) is 5.91 Å². The van der Waals surface area contributed by atoms with Gasteiger partial charge < -0.3 is 10.1 Å². The first-order valence-electron chi connectivity index (χ1n) is 11.1. The number of sulfonamides is 1. The molecule has 1 fully saturated rings. The number of carbonyl (C=O) groups excluding carboxylic acids is 1. The van der Waals surface area contributed by atoms with Gasteiger partial charge in [0.05, 0.1) is 17.1 Å². The summed E-state index contributed by atoms with van der Waals surface area (Å²) >= 11 is 0. The van der Waals surface area contributed by atoms with E-state index in [1.807, 2.05) is 6.07 Å². The summed E-state index contributed by atoms with van der Waals surface area (Å²) < 4.78 is 33.9. The van der Waals surface area contributed by atoms with Gasteiger partial charge >= 0.3 is 0 Å². The average molecular weight is 445 g/mol. The maximum absolute atomic E-state index is 12.7. The van der Waals surface area contributed by atoms with Crippen molar-refractivity contribution in [3.63, 3.8) is 0 Å². The van der Waals surface area contributed by atoms with Gasteiger partial charge in [-0.15, -0.1) is 0 Å². The molecule has 0 bridgehead atoms. The number of amides is 1. The highest BCUT2D eigenvalue weighted by Gasteiger charge is 2.22. The largest absolute Gasteiger partial charge is 0.493 e. The van der Waals surface area contributed by atoms with Gasteiger partial charge in [0.15, 0.2) is 0 Å². The van der Waals surface area contributed by atoms with Crippen LogP contribution in [0, 0.1) is 0 Å². The van der Waals surface area contributed by atoms with E-state index in [0.717, 1.165) is 44.9 Å². The highest BCUT2D eigenvalue weighted by molar-refractivity contribution is 7.89. The van der Waals surface area contributed by atoms with Crippen LogP contribution >= 0.6 is 0 Å². The molecule has 0 spiro atoms. The van der Waals surface area contributed by atoms with Gasteiger partial charge in [-0.3, -0.25) is 4.79 Å². The molecule has 168 valence electrons. The number of para-hydroxylation sites is 1. The molecule has 1 aliphatic carbocycles. The number of anilines is 1. The van der Waals surface area contributed by atoms with Crippen LogP contribution in [0.25, 0.3) is 0 Å². The second kappa shape index (κ2) is 11.3. The van der Waals surface area contributed by atoms with Crippen LogP contribution in [0.2, 0.25) is 0 Å². The Balaban J connectivity index is 1.62. The van der Waals surface area contributed by atoms with Gasteiger partial charge in [-0.2, -0.15) is 0 Å². The molecule has 1 aliphatic rings. The van der Waals surface area contributed by atoms with Gasteiger partial charge in [0, 0.05) is 11.7 Å². The molecule has 0 saturated heterocycles. The molecule has 7 heteroatoms. The van der Waals surface area contributed by atoms with Crippen LogP contribution in [0.15, 0.2) is 53.4 Å². The van der Waals surface area contributed by atoms with E-state index in [0.29, 0.717) is 23.6 Å². The van der Waals surface area contributed by atoms with Crippen LogP contribution in [-0.2, 0) is 10.0 Å². The topological polar surface area (TPSA) is 84.5 Å². The van der Waals surface area contributed by atoms with Crippen molar-refractivity contribution in [2.45, 2.75) is 69.2 Å². The Labute approximate surface area is 185 Å². The van der Waals surface area contributed by atoms with E-state index in [-0.39, 0.29) is 16.8 Å². The molecule has 0 radical (unpaired) electrons. The molecule has 0 aromatic heterocycles. The quantitative estimate of drug-likeness (QED) is 0.498. The minimum atomic E-state index is -3.56. The SMILES string of the molecule is CCCCCOc1ccccc1C(=O)Nc1ccc(S(=O)(=O)NC2CCCCC2)cc1. The molecule has 0 heterocycles. The third kappa shape index (κ3) is 6.80. The first-order chi connectivity index (χ1) is 15.0. The van der Waals surface area contributed by atoms with Crippen molar-refractivity contribution in [2.24, 2.45) is 0 Å². The van der Waals surface area contributed by atoms with E-state index < -0.39 is 10.0 Å². The van der Waals surface area contributed by atoms with Crippen molar-refractivity contribution < 1.29 is 17.9 Å². The first kappa shape index (κ1) is 23.3. The zero-order chi connectivity index (χ0) is 22.1. The fraction of sp³-hybridized carbons (Fsp3) is 0.458. The summed E-state index contributed by atoms with van der Waals surface area (Å²) in [5, 5.41) is 2.83. The van der Waals surface area contributed by atoms with Gasteiger partial charge in [-0.05, 0) is 55.7 Å². The lowest BCUT2D eigenvalue weighted by Crippen LogP contribution is -2.36. The van der Waals surface area contributed by atoms with Crippen molar-refractivity contribution in [3.05, 3.63) is 54.1 Å². The Morgan fingerprint density at radius 1 is 1.00 bits per heavy atom. The molecule has 2 N–H and O–H groups in total. The molecule has 0 aliphatic heterocycles. The van der Waals surface area contributed by atoms with Gasteiger partial charge in [-0.25, -0.2) is 13.1 Å².